The third-order valence-electron chi connectivity index (χ3n) is 12.5. The molecule has 0 saturated heterocycles. The number of aromatic amines is 2. The molecule has 0 radical (unpaired) electrons. The molecule has 4 heterocycles. The SMILES string of the molecule is CN(CCCn1c(=O)[nH]c2cc(CNC[C@H](O[Si](C)(C)C(C)(C)C)c3ccc(O)c4[nH]c(=O)ccc34)ccc21)C1CCC(OC(C(=O)[O-])(c2cccs2)c2cccs2)CC1. The number of imidazole rings is 1. The Morgan fingerprint density at radius 3 is 2.33 bits per heavy atom. The molecule has 15 heteroatoms. The molecular formula is C45H56N5O7S2Si-. The van der Waals surface area contributed by atoms with E-state index in [4.69, 9.17) is 9.16 Å². The first-order valence-corrected chi connectivity index (χ1v) is 25.4. The van der Waals surface area contributed by atoms with E-state index in [-0.39, 0.29) is 34.2 Å². The Morgan fingerprint density at radius 2 is 1.70 bits per heavy atom. The monoisotopic (exact) mass is 870 g/mol. The number of carboxylic acid groups (broad SMARTS) is 1. The van der Waals surface area contributed by atoms with Crippen LogP contribution in [0.1, 0.15) is 79.9 Å². The Bertz CT molecular complexity index is 2480. The van der Waals surface area contributed by atoms with Gasteiger partial charge in [0.05, 0.1) is 34.7 Å². The summed E-state index contributed by atoms with van der Waals surface area (Å²) in [6, 6.07) is 20.4. The Balaban J connectivity index is 0.950. The maximum atomic E-state index is 13.2. The highest BCUT2D eigenvalue weighted by Crippen LogP contribution is 2.43. The van der Waals surface area contributed by atoms with Crippen LogP contribution in [0.5, 0.6) is 5.75 Å². The summed E-state index contributed by atoms with van der Waals surface area (Å²) in [6.07, 6.45) is 3.53. The quantitative estimate of drug-likeness (QED) is 0.0695. The lowest BCUT2D eigenvalue weighted by molar-refractivity contribution is -0.328. The van der Waals surface area contributed by atoms with Gasteiger partial charge < -0.3 is 44.4 Å². The van der Waals surface area contributed by atoms with Crippen LogP contribution in [0.2, 0.25) is 18.1 Å². The Kier molecular flexibility index (Phi) is 13.1. The second kappa shape index (κ2) is 17.9. The molecule has 7 rings (SSSR count). The summed E-state index contributed by atoms with van der Waals surface area (Å²) in [5.41, 5.74) is 1.92. The molecule has 0 spiro atoms. The first kappa shape index (κ1) is 43.7. The van der Waals surface area contributed by atoms with E-state index in [0.29, 0.717) is 40.9 Å². The van der Waals surface area contributed by atoms with Gasteiger partial charge in [0, 0.05) is 46.9 Å². The minimum absolute atomic E-state index is 0.0147. The number of fused-ring (bicyclic) bond motifs is 2. The van der Waals surface area contributed by atoms with E-state index >= 15 is 0 Å². The summed E-state index contributed by atoms with van der Waals surface area (Å²) in [6.45, 7) is 13.5. The van der Waals surface area contributed by atoms with Gasteiger partial charge in [-0.3, -0.25) is 9.36 Å². The van der Waals surface area contributed by atoms with E-state index < -0.39 is 19.9 Å². The largest absolute Gasteiger partial charge is 0.546 e. The normalized spacial score (nSPS) is 17.2. The standard InChI is InChI=1S/C45H57N5O7S2Si/c1-44(2,3)60(5,6)57-37(32-17-20-36(51)41-33(32)18-21-40(52)48-41)28-46-27-29-12-19-35-34(26-29)47-43(55)50(35)23-9-22-49(4)30-13-15-31(16-14-30)56-45(42(53)54,38-10-7-24-58-38)39-11-8-25-59-39/h7-8,10-12,17-21,24-26,30-31,37,46,51H,9,13-16,22-23,27-28H2,1-6H3,(H,47,55)(H,48,52)(H,53,54)/p-1/t30?,31?,37-/m0/s1. The van der Waals surface area contributed by atoms with E-state index in [2.05, 4.69) is 61.1 Å². The predicted molar refractivity (Wildman–Crippen MR) is 240 cm³/mol. The zero-order valence-corrected chi connectivity index (χ0v) is 37.8. The number of aromatic nitrogens is 3. The number of benzene rings is 2. The van der Waals surface area contributed by atoms with Crippen LogP contribution in [0.4, 0.5) is 0 Å². The maximum Gasteiger partial charge on any atom is 0.326 e. The summed E-state index contributed by atoms with van der Waals surface area (Å²) >= 11 is 2.75. The molecule has 0 unspecified atom stereocenters. The van der Waals surface area contributed by atoms with Crippen molar-refractivity contribution in [3.63, 3.8) is 0 Å². The fourth-order valence-corrected chi connectivity index (χ4v) is 11.2. The number of phenolic OH excluding ortho intramolecular Hbond substituents is 1. The number of thiophene rings is 2. The van der Waals surface area contributed by atoms with Gasteiger partial charge in [0.1, 0.15) is 5.75 Å². The average Bonchev–Trinajstić information content (AvgIpc) is 4.00. The van der Waals surface area contributed by atoms with Crippen molar-refractivity contribution >= 4 is 58.9 Å². The van der Waals surface area contributed by atoms with Crippen molar-refractivity contribution in [1.29, 1.82) is 0 Å². The Hall–Kier alpha value is -4.35. The molecule has 0 bridgehead atoms. The number of nitrogens with zero attached hydrogens (tertiary/aromatic N) is 2. The number of aliphatic carboxylic acids is 1. The van der Waals surface area contributed by atoms with Crippen molar-refractivity contribution in [2.45, 2.75) is 108 Å². The molecule has 6 aromatic rings. The number of phenols is 1. The van der Waals surface area contributed by atoms with Gasteiger partial charge in [-0.1, -0.05) is 45.0 Å². The minimum atomic E-state index is -2.24. The minimum Gasteiger partial charge on any atom is -0.546 e. The molecular weight excluding hydrogens is 815 g/mol. The van der Waals surface area contributed by atoms with E-state index in [1.54, 1.807) is 12.1 Å². The zero-order chi connectivity index (χ0) is 42.8. The molecule has 4 N–H and O–H groups in total. The molecule has 4 aromatic heterocycles. The van der Waals surface area contributed by atoms with Crippen molar-refractivity contribution in [3.8, 4) is 5.75 Å². The number of nitrogens with one attached hydrogen (secondary N) is 3. The van der Waals surface area contributed by atoms with Crippen LogP contribution in [-0.4, -0.2) is 71.1 Å². The number of hydrogen-bond donors (Lipinski definition) is 4. The number of rotatable bonds is 17. The van der Waals surface area contributed by atoms with Crippen LogP contribution in [-0.2, 0) is 32.6 Å². The van der Waals surface area contributed by atoms with Crippen molar-refractivity contribution in [2.24, 2.45) is 0 Å². The summed E-state index contributed by atoms with van der Waals surface area (Å²) in [5.74, 6) is -1.22. The lowest BCUT2D eigenvalue weighted by atomic mass is 9.90. The smallest absolute Gasteiger partial charge is 0.326 e. The second-order valence-electron chi connectivity index (χ2n) is 17.5. The molecule has 60 heavy (non-hydrogen) atoms. The van der Waals surface area contributed by atoms with Crippen LogP contribution >= 0.6 is 22.7 Å². The van der Waals surface area contributed by atoms with Gasteiger partial charge >= 0.3 is 5.69 Å². The second-order valence-corrected chi connectivity index (χ2v) is 24.2. The maximum absolute atomic E-state index is 13.2. The number of aromatic hydroxyl groups is 1. The zero-order valence-electron chi connectivity index (χ0n) is 35.2. The third kappa shape index (κ3) is 9.13. The molecule has 12 nitrogen and oxygen atoms in total. The molecule has 1 saturated carbocycles. The number of carbonyl (C=O) groups excluding carboxylic acids is 1. The lowest BCUT2D eigenvalue weighted by Crippen LogP contribution is -2.50. The highest BCUT2D eigenvalue weighted by atomic mass is 32.1. The lowest BCUT2D eigenvalue weighted by Gasteiger charge is -2.40. The van der Waals surface area contributed by atoms with Gasteiger partial charge in [-0.2, -0.15) is 0 Å². The van der Waals surface area contributed by atoms with Gasteiger partial charge in [-0.05, 0) is 122 Å². The summed E-state index contributed by atoms with van der Waals surface area (Å²) < 4.78 is 15.3. The molecule has 2 aromatic carbocycles. The Labute approximate surface area is 359 Å². The van der Waals surface area contributed by atoms with Crippen molar-refractivity contribution in [3.05, 3.63) is 119 Å². The van der Waals surface area contributed by atoms with E-state index in [9.17, 15) is 24.6 Å². The van der Waals surface area contributed by atoms with Gasteiger partial charge in [-0.25, -0.2) is 4.79 Å². The first-order chi connectivity index (χ1) is 28.6. The fraction of sp³-hybridized carbons (Fsp3) is 0.444. The van der Waals surface area contributed by atoms with Crippen LogP contribution in [0.15, 0.2) is 87.1 Å². The van der Waals surface area contributed by atoms with Gasteiger partial charge in [-0.15, -0.1) is 22.7 Å². The fourth-order valence-electron chi connectivity index (χ4n) is 8.14. The summed E-state index contributed by atoms with van der Waals surface area (Å²) in [4.78, 5) is 47.5. The number of carboxylic acids is 1. The number of H-pyrrole nitrogens is 2. The van der Waals surface area contributed by atoms with Crippen molar-refractivity contribution in [2.75, 3.05) is 20.1 Å². The van der Waals surface area contributed by atoms with Crippen LogP contribution < -0.4 is 21.7 Å². The van der Waals surface area contributed by atoms with Gasteiger partial charge in [0.25, 0.3) is 0 Å². The number of carbonyl (C=O) groups is 1. The third-order valence-corrected chi connectivity index (χ3v) is 18.9. The molecule has 320 valence electrons. The van der Waals surface area contributed by atoms with Crippen molar-refractivity contribution < 1.29 is 24.2 Å². The average molecular weight is 871 g/mol. The van der Waals surface area contributed by atoms with Gasteiger partial charge in [0.15, 0.2) is 13.9 Å². The number of hydrogen-bond acceptors (Lipinski definition) is 11. The highest BCUT2D eigenvalue weighted by Gasteiger charge is 2.43. The highest BCUT2D eigenvalue weighted by molar-refractivity contribution is 7.12. The van der Waals surface area contributed by atoms with Crippen LogP contribution in [0, 0.1) is 0 Å². The molecule has 1 aliphatic rings. The molecule has 1 aliphatic carbocycles. The Morgan fingerprint density at radius 1 is 1.00 bits per heavy atom. The van der Waals surface area contributed by atoms with Crippen molar-refractivity contribution in [1.82, 2.24) is 24.8 Å². The topological polar surface area (TPSA) is 165 Å². The predicted octanol–water partition coefficient (Wildman–Crippen LogP) is 7.20. The van der Waals surface area contributed by atoms with E-state index in [1.165, 1.54) is 28.7 Å². The molecule has 0 amide bonds. The van der Waals surface area contributed by atoms with E-state index in [1.807, 2.05) is 63.9 Å². The van der Waals surface area contributed by atoms with E-state index in [0.717, 1.165) is 66.2 Å². The van der Waals surface area contributed by atoms with Gasteiger partial charge in [0.2, 0.25) is 5.56 Å². The molecule has 1 atom stereocenters. The summed E-state index contributed by atoms with van der Waals surface area (Å²) in [7, 11) is -0.112. The number of ether oxygens (including phenoxy) is 1. The van der Waals surface area contributed by atoms with Crippen LogP contribution in [0.3, 0.4) is 0 Å². The number of pyridine rings is 1. The molecule has 1 fully saturated rings. The molecule has 0 aliphatic heterocycles. The number of aryl methyl sites for hydroxylation is 1. The first-order valence-electron chi connectivity index (χ1n) is 20.7. The van der Waals surface area contributed by atoms with Crippen LogP contribution in [0.25, 0.3) is 21.9 Å². The summed E-state index contributed by atoms with van der Waals surface area (Å²) in [5, 5.41) is 31.3.